The summed E-state index contributed by atoms with van der Waals surface area (Å²) in [6.45, 7) is 6.54. The first kappa shape index (κ1) is 14.7. The normalized spacial score (nSPS) is 54.5. The van der Waals surface area contributed by atoms with E-state index >= 15 is 0 Å². The van der Waals surface area contributed by atoms with Gasteiger partial charge < -0.3 is 14.2 Å². The number of allylic oxidation sites excluding steroid dienone is 1. The standard InChI is InChI=1S/C18H26O4/c1-5-21-15(19)17(3)13(20-4)6-7-18-9-11-8-12(14(17)18)22-16(11,2)10-18/h6-7,11-14H,5,8-10H2,1-4H3/t11-,12+,13+,14+,16+,17+,18+/m1/s1. The Morgan fingerprint density at radius 3 is 2.82 bits per heavy atom. The molecule has 0 N–H and O–H groups in total. The van der Waals surface area contributed by atoms with Gasteiger partial charge in [-0.15, -0.1) is 0 Å². The molecule has 5 aliphatic rings. The fourth-order valence-electron chi connectivity index (χ4n) is 6.22. The van der Waals surface area contributed by atoms with Crippen LogP contribution in [0.5, 0.6) is 0 Å². The monoisotopic (exact) mass is 306 g/mol. The quantitative estimate of drug-likeness (QED) is 0.594. The van der Waals surface area contributed by atoms with Crippen LogP contribution in [0.4, 0.5) is 0 Å². The van der Waals surface area contributed by atoms with Gasteiger partial charge in [-0.2, -0.15) is 0 Å². The first-order valence-corrected chi connectivity index (χ1v) is 8.47. The zero-order chi connectivity index (χ0) is 15.8. The summed E-state index contributed by atoms with van der Waals surface area (Å²) in [5.74, 6) is 0.642. The van der Waals surface area contributed by atoms with Crippen LogP contribution in [0.2, 0.25) is 0 Å². The van der Waals surface area contributed by atoms with E-state index in [-0.39, 0.29) is 35.1 Å². The Kier molecular flexibility index (Phi) is 2.91. The number of ether oxygens (including phenoxy) is 3. The average Bonchev–Trinajstić information content (AvgIpc) is 2.81. The van der Waals surface area contributed by atoms with Gasteiger partial charge in [0, 0.05) is 13.0 Å². The third kappa shape index (κ3) is 1.53. The molecule has 22 heavy (non-hydrogen) atoms. The van der Waals surface area contributed by atoms with Gasteiger partial charge in [-0.3, -0.25) is 4.79 Å². The summed E-state index contributed by atoms with van der Waals surface area (Å²) < 4.78 is 17.5. The molecule has 0 amide bonds. The van der Waals surface area contributed by atoms with Crippen LogP contribution < -0.4 is 0 Å². The molecule has 2 saturated heterocycles. The lowest BCUT2D eigenvalue weighted by Gasteiger charge is -2.56. The van der Waals surface area contributed by atoms with Crippen LogP contribution in [-0.4, -0.2) is 37.5 Å². The minimum absolute atomic E-state index is 0.000978. The zero-order valence-electron chi connectivity index (χ0n) is 13.9. The second-order valence-corrected chi connectivity index (χ2v) is 8.01. The third-order valence-corrected chi connectivity index (χ3v) is 6.91. The second-order valence-electron chi connectivity index (χ2n) is 8.01. The summed E-state index contributed by atoms with van der Waals surface area (Å²) in [5, 5.41) is 0. The topological polar surface area (TPSA) is 44.8 Å². The van der Waals surface area contributed by atoms with Crippen LogP contribution in [0.15, 0.2) is 12.2 Å². The molecule has 1 spiro atoms. The van der Waals surface area contributed by atoms with Crippen LogP contribution in [0.3, 0.4) is 0 Å². The molecular weight excluding hydrogens is 280 g/mol. The number of esters is 1. The highest BCUT2D eigenvalue weighted by Crippen LogP contribution is 2.71. The van der Waals surface area contributed by atoms with Gasteiger partial charge in [-0.05, 0) is 51.4 Å². The molecule has 2 aliphatic heterocycles. The van der Waals surface area contributed by atoms with Crippen LogP contribution in [0.25, 0.3) is 0 Å². The number of hydrogen-bond acceptors (Lipinski definition) is 4. The number of rotatable bonds is 3. The maximum Gasteiger partial charge on any atom is 0.315 e. The van der Waals surface area contributed by atoms with Gasteiger partial charge in [-0.1, -0.05) is 12.2 Å². The summed E-state index contributed by atoms with van der Waals surface area (Å²) >= 11 is 0. The SMILES string of the molecule is CCOC(=O)[C@@]1(C)[C@@H](OC)C=C[C@]23C[C@H]4C[C@H](O[C@@]4(C)C2)[C@H]31. The minimum Gasteiger partial charge on any atom is -0.465 e. The maximum absolute atomic E-state index is 12.9. The summed E-state index contributed by atoms with van der Waals surface area (Å²) in [7, 11) is 1.68. The molecule has 0 radical (unpaired) electrons. The van der Waals surface area contributed by atoms with Gasteiger partial charge in [0.15, 0.2) is 0 Å². The highest BCUT2D eigenvalue weighted by molar-refractivity contribution is 5.79. The third-order valence-electron chi connectivity index (χ3n) is 6.91. The molecule has 7 atom stereocenters. The molecular formula is C18H26O4. The van der Waals surface area contributed by atoms with Gasteiger partial charge >= 0.3 is 5.97 Å². The van der Waals surface area contributed by atoms with Gasteiger partial charge in [-0.25, -0.2) is 0 Å². The molecule has 5 rings (SSSR count). The second kappa shape index (κ2) is 4.35. The summed E-state index contributed by atoms with van der Waals surface area (Å²) in [6, 6.07) is 0. The lowest BCUT2D eigenvalue weighted by atomic mass is 9.51. The Bertz CT molecular complexity index is 543. The zero-order valence-corrected chi connectivity index (χ0v) is 13.9. The van der Waals surface area contributed by atoms with Crippen molar-refractivity contribution in [3.05, 3.63) is 12.2 Å². The highest BCUT2D eigenvalue weighted by atomic mass is 16.5. The van der Waals surface area contributed by atoms with Crippen molar-refractivity contribution in [2.24, 2.45) is 22.7 Å². The lowest BCUT2D eigenvalue weighted by Crippen LogP contribution is -2.61. The molecule has 0 unspecified atom stereocenters. The molecule has 0 aromatic rings. The number of carbonyl (C=O) groups is 1. The van der Waals surface area contributed by atoms with Crippen LogP contribution in [0.1, 0.15) is 40.0 Å². The van der Waals surface area contributed by atoms with Gasteiger partial charge in [0.05, 0.1) is 24.4 Å². The van der Waals surface area contributed by atoms with Crippen molar-refractivity contribution < 1.29 is 19.0 Å². The molecule has 0 aromatic heterocycles. The van der Waals surface area contributed by atoms with Crippen molar-refractivity contribution >= 4 is 5.97 Å². The Morgan fingerprint density at radius 1 is 1.41 bits per heavy atom. The molecule has 4 nitrogen and oxygen atoms in total. The van der Waals surface area contributed by atoms with Crippen molar-refractivity contribution in [3.63, 3.8) is 0 Å². The van der Waals surface area contributed by atoms with Crippen molar-refractivity contribution in [2.45, 2.75) is 57.8 Å². The van der Waals surface area contributed by atoms with E-state index in [0.717, 1.165) is 19.3 Å². The van der Waals surface area contributed by atoms with Gasteiger partial charge in [0.1, 0.15) is 5.41 Å². The molecule has 4 heteroatoms. The lowest BCUT2D eigenvalue weighted by molar-refractivity contribution is -0.203. The average molecular weight is 306 g/mol. The molecule has 0 aromatic carbocycles. The summed E-state index contributed by atoms with van der Waals surface area (Å²) in [5.41, 5.74) is -0.584. The predicted octanol–water partition coefficient (Wildman–Crippen LogP) is 2.71. The predicted molar refractivity (Wildman–Crippen MR) is 81.2 cm³/mol. The number of hydrogen-bond donors (Lipinski definition) is 0. The van der Waals surface area contributed by atoms with E-state index in [1.54, 1.807) is 7.11 Å². The van der Waals surface area contributed by atoms with Crippen LogP contribution in [-0.2, 0) is 19.0 Å². The fourth-order valence-corrected chi connectivity index (χ4v) is 6.22. The number of carbonyl (C=O) groups excluding carboxylic acids is 1. The van der Waals surface area contributed by atoms with Crippen LogP contribution >= 0.6 is 0 Å². The summed E-state index contributed by atoms with van der Waals surface area (Å²) in [4.78, 5) is 12.9. The molecule has 3 aliphatic carbocycles. The van der Waals surface area contributed by atoms with Gasteiger partial charge in [0.2, 0.25) is 0 Å². The Hall–Kier alpha value is -0.870. The smallest absolute Gasteiger partial charge is 0.315 e. The molecule has 2 saturated carbocycles. The van der Waals surface area contributed by atoms with E-state index in [4.69, 9.17) is 14.2 Å². The maximum atomic E-state index is 12.9. The Labute approximate surface area is 132 Å². The fraction of sp³-hybridized carbons (Fsp3) is 0.833. The van der Waals surface area contributed by atoms with E-state index < -0.39 is 5.41 Å². The van der Waals surface area contributed by atoms with E-state index in [1.807, 2.05) is 13.8 Å². The first-order chi connectivity index (χ1) is 10.4. The van der Waals surface area contributed by atoms with Crippen molar-refractivity contribution in [1.29, 1.82) is 0 Å². The Morgan fingerprint density at radius 2 is 2.18 bits per heavy atom. The van der Waals surface area contributed by atoms with E-state index in [0.29, 0.717) is 12.5 Å². The van der Waals surface area contributed by atoms with E-state index in [2.05, 4.69) is 19.1 Å². The summed E-state index contributed by atoms with van der Waals surface area (Å²) in [6.07, 6.45) is 7.57. The van der Waals surface area contributed by atoms with E-state index in [9.17, 15) is 4.79 Å². The molecule has 4 bridgehead atoms. The molecule has 122 valence electrons. The largest absolute Gasteiger partial charge is 0.465 e. The minimum atomic E-state index is -0.666. The number of methoxy groups -OCH3 is 1. The van der Waals surface area contributed by atoms with E-state index in [1.165, 1.54) is 0 Å². The molecule has 4 fully saturated rings. The van der Waals surface area contributed by atoms with Crippen molar-refractivity contribution in [1.82, 2.24) is 0 Å². The highest BCUT2D eigenvalue weighted by Gasteiger charge is 2.73. The first-order valence-electron chi connectivity index (χ1n) is 8.47. The van der Waals surface area contributed by atoms with Gasteiger partial charge in [0.25, 0.3) is 0 Å². The molecule has 2 heterocycles. The van der Waals surface area contributed by atoms with Crippen molar-refractivity contribution in [3.8, 4) is 0 Å². The van der Waals surface area contributed by atoms with Crippen LogP contribution in [0, 0.1) is 22.7 Å². The van der Waals surface area contributed by atoms with Crippen molar-refractivity contribution in [2.75, 3.05) is 13.7 Å². The Balaban J connectivity index is 1.82.